The van der Waals surface area contributed by atoms with Crippen LogP contribution in [0.5, 0.6) is 5.75 Å². The summed E-state index contributed by atoms with van der Waals surface area (Å²) in [5.74, 6) is 0.200. The fourth-order valence-corrected chi connectivity index (χ4v) is 2.54. The lowest BCUT2D eigenvalue weighted by Crippen LogP contribution is -2.02. The minimum absolute atomic E-state index is 0.200. The molecule has 5 nitrogen and oxygen atoms in total. The number of fused-ring (bicyclic) bond motifs is 1. The molecule has 0 atom stereocenters. The molecule has 3 aromatic rings. The van der Waals surface area contributed by atoms with Crippen molar-refractivity contribution < 1.29 is 10.2 Å². The molecule has 0 aliphatic heterocycles. The van der Waals surface area contributed by atoms with Gasteiger partial charge in [-0.1, -0.05) is 18.2 Å². The number of unbranched alkanes of at least 4 members (excludes halogenated alkanes) is 1. The molecule has 0 spiro atoms. The molecule has 0 radical (unpaired) electrons. The normalized spacial score (nSPS) is 11.2. The molecule has 0 fully saturated rings. The molecule has 0 aliphatic rings. The molecule has 0 aliphatic carbocycles. The topological polar surface area (TPSA) is 71.2 Å². The van der Waals surface area contributed by atoms with Gasteiger partial charge in [-0.3, -0.25) is 0 Å². The van der Waals surface area contributed by atoms with Gasteiger partial charge in [0.1, 0.15) is 22.5 Å². The Balaban J connectivity index is 2.01. The third kappa shape index (κ3) is 2.80. The van der Waals surface area contributed by atoms with Gasteiger partial charge in [0, 0.05) is 6.61 Å². The summed E-state index contributed by atoms with van der Waals surface area (Å²) in [6, 6.07) is 11.5. The Morgan fingerprint density at radius 3 is 2.36 bits per heavy atom. The van der Waals surface area contributed by atoms with E-state index < -0.39 is 0 Å². The SMILES string of the molecule is Cc1cc(CCCCO)cc(-n2nc3ccccc3n2)c1O. The number of hydrogen-bond donors (Lipinski definition) is 2. The number of aliphatic hydroxyl groups is 1. The van der Waals surface area contributed by atoms with E-state index in [4.69, 9.17) is 5.11 Å². The summed E-state index contributed by atoms with van der Waals surface area (Å²) in [4.78, 5) is 1.49. The first-order valence-electron chi connectivity index (χ1n) is 7.45. The van der Waals surface area contributed by atoms with Crippen LogP contribution in [0.2, 0.25) is 0 Å². The van der Waals surface area contributed by atoms with Crippen LogP contribution in [-0.2, 0) is 6.42 Å². The van der Waals surface area contributed by atoms with Crippen molar-refractivity contribution in [1.82, 2.24) is 15.0 Å². The van der Waals surface area contributed by atoms with Crippen LogP contribution in [-0.4, -0.2) is 31.8 Å². The van der Waals surface area contributed by atoms with E-state index in [1.54, 1.807) is 0 Å². The third-order valence-electron chi connectivity index (χ3n) is 3.72. The summed E-state index contributed by atoms with van der Waals surface area (Å²) in [7, 11) is 0. The average molecular weight is 297 g/mol. The van der Waals surface area contributed by atoms with Crippen LogP contribution in [0, 0.1) is 6.92 Å². The summed E-state index contributed by atoms with van der Waals surface area (Å²) in [6.07, 6.45) is 2.54. The van der Waals surface area contributed by atoms with Gasteiger partial charge in [-0.2, -0.15) is 0 Å². The van der Waals surface area contributed by atoms with Gasteiger partial charge in [0.05, 0.1) is 0 Å². The molecule has 3 rings (SSSR count). The summed E-state index contributed by atoms with van der Waals surface area (Å²) in [5, 5.41) is 28.1. The highest BCUT2D eigenvalue weighted by Crippen LogP contribution is 2.28. The van der Waals surface area contributed by atoms with Crippen LogP contribution in [0.15, 0.2) is 36.4 Å². The second kappa shape index (κ2) is 6.15. The minimum Gasteiger partial charge on any atom is -0.505 e. The molecule has 0 saturated carbocycles. The standard InChI is InChI=1S/C17H19N3O2/c1-12-10-13(6-4-5-9-21)11-16(17(12)22)20-18-14-7-2-3-8-15(14)19-20/h2-3,7-8,10-11,21-22H,4-6,9H2,1H3. The molecule has 1 aromatic heterocycles. The van der Waals surface area contributed by atoms with E-state index in [2.05, 4.69) is 10.2 Å². The maximum Gasteiger partial charge on any atom is 0.146 e. The van der Waals surface area contributed by atoms with Crippen molar-refractivity contribution in [1.29, 1.82) is 0 Å². The van der Waals surface area contributed by atoms with E-state index in [1.165, 1.54) is 4.80 Å². The molecular weight excluding hydrogens is 278 g/mol. The highest BCUT2D eigenvalue weighted by molar-refractivity contribution is 5.73. The Hall–Kier alpha value is -2.40. The monoisotopic (exact) mass is 297 g/mol. The molecule has 5 heteroatoms. The van der Waals surface area contributed by atoms with Gasteiger partial charge < -0.3 is 10.2 Å². The number of aliphatic hydroxyl groups excluding tert-OH is 1. The molecule has 0 unspecified atom stereocenters. The number of phenols is 1. The number of aryl methyl sites for hydroxylation is 2. The van der Waals surface area contributed by atoms with Crippen LogP contribution in [0.25, 0.3) is 16.7 Å². The van der Waals surface area contributed by atoms with Crippen molar-refractivity contribution in [2.24, 2.45) is 0 Å². The van der Waals surface area contributed by atoms with Crippen molar-refractivity contribution in [2.45, 2.75) is 26.2 Å². The smallest absolute Gasteiger partial charge is 0.146 e. The number of phenolic OH excluding ortho intramolecular Hbond substituents is 1. The van der Waals surface area contributed by atoms with Crippen LogP contribution < -0.4 is 0 Å². The first-order chi connectivity index (χ1) is 10.7. The zero-order valence-corrected chi connectivity index (χ0v) is 12.5. The van der Waals surface area contributed by atoms with Crippen LogP contribution in [0.1, 0.15) is 24.0 Å². The van der Waals surface area contributed by atoms with Crippen molar-refractivity contribution in [3.8, 4) is 11.4 Å². The molecule has 0 amide bonds. The predicted molar refractivity (Wildman–Crippen MR) is 85.3 cm³/mol. The van der Waals surface area contributed by atoms with Gasteiger partial charge in [-0.25, -0.2) is 0 Å². The number of rotatable bonds is 5. The first kappa shape index (κ1) is 14.5. The maximum atomic E-state index is 10.3. The van der Waals surface area contributed by atoms with E-state index in [0.717, 1.165) is 41.4 Å². The molecule has 22 heavy (non-hydrogen) atoms. The van der Waals surface area contributed by atoms with Crippen LogP contribution in [0.4, 0.5) is 0 Å². The lowest BCUT2D eigenvalue weighted by Gasteiger charge is -2.10. The first-order valence-corrected chi connectivity index (χ1v) is 7.45. The Bertz CT molecular complexity index is 763. The molecule has 114 valence electrons. The van der Waals surface area contributed by atoms with Crippen LogP contribution >= 0.6 is 0 Å². The van der Waals surface area contributed by atoms with Gasteiger partial charge in [-0.05, 0) is 55.5 Å². The fraction of sp³-hybridized carbons (Fsp3) is 0.294. The van der Waals surface area contributed by atoms with Gasteiger partial charge in [-0.15, -0.1) is 15.0 Å². The molecule has 0 bridgehead atoms. The second-order valence-electron chi connectivity index (χ2n) is 5.44. The summed E-state index contributed by atoms with van der Waals surface area (Å²) >= 11 is 0. The quantitative estimate of drug-likeness (QED) is 0.710. The summed E-state index contributed by atoms with van der Waals surface area (Å²) < 4.78 is 0. The van der Waals surface area contributed by atoms with Crippen molar-refractivity contribution >= 4 is 11.0 Å². The number of aromatic nitrogens is 3. The number of nitrogens with zero attached hydrogens (tertiary/aromatic N) is 3. The zero-order valence-electron chi connectivity index (χ0n) is 12.5. The number of aromatic hydroxyl groups is 1. The van der Waals surface area contributed by atoms with E-state index >= 15 is 0 Å². The Labute approximate surface area is 128 Å². The minimum atomic E-state index is 0.200. The van der Waals surface area contributed by atoms with Crippen molar-refractivity contribution in [3.05, 3.63) is 47.5 Å². The zero-order chi connectivity index (χ0) is 15.5. The Morgan fingerprint density at radius 1 is 1.05 bits per heavy atom. The second-order valence-corrected chi connectivity index (χ2v) is 5.44. The Kier molecular flexibility index (Phi) is 4.06. The van der Waals surface area contributed by atoms with E-state index in [0.29, 0.717) is 5.69 Å². The van der Waals surface area contributed by atoms with Crippen LogP contribution in [0.3, 0.4) is 0 Å². The summed E-state index contributed by atoms with van der Waals surface area (Å²) in [6.45, 7) is 2.08. The van der Waals surface area contributed by atoms with Gasteiger partial charge >= 0.3 is 0 Å². The number of benzene rings is 2. The van der Waals surface area contributed by atoms with Crippen molar-refractivity contribution in [3.63, 3.8) is 0 Å². The third-order valence-corrected chi connectivity index (χ3v) is 3.72. The van der Waals surface area contributed by atoms with E-state index in [1.807, 2.05) is 43.3 Å². The largest absolute Gasteiger partial charge is 0.505 e. The Morgan fingerprint density at radius 2 is 1.73 bits per heavy atom. The highest BCUT2D eigenvalue weighted by Gasteiger charge is 2.12. The average Bonchev–Trinajstić information content (AvgIpc) is 2.94. The van der Waals surface area contributed by atoms with Gasteiger partial charge in [0.15, 0.2) is 0 Å². The lowest BCUT2D eigenvalue weighted by atomic mass is 10.0. The van der Waals surface area contributed by atoms with Gasteiger partial charge in [0.2, 0.25) is 0 Å². The highest BCUT2D eigenvalue weighted by atomic mass is 16.3. The maximum absolute atomic E-state index is 10.3. The van der Waals surface area contributed by atoms with Crippen molar-refractivity contribution in [2.75, 3.05) is 6.61 Å². The van der Waals surface area contributed by atoms with E-state index in [-0.39, 0.29) is 12.4 Å². The molecule has 0 saturated heterocycles. The number of hydrogen-bond acceptors (Lipinski definition) is 4. The lowest BCUT2D eigenvalue weighted by molar-refractivity contribution is 0.284. The molecule has 2 N–H and O–H groups in total. The summed E-state index contributed by atoms with van der Waals surface area (Å²) in [5.41, 5.74) is 4.10. The van der Waals surface area contributed by atoms with E-state index in [9.17, 15) is 5.11 Å². The molecule has 2 aromatic carbocycles. The molecule has 1 heterocycles. The molecular formula is C17H19N3O2. The predicted octanol–water partition coefficient (Wildman–Crippen LogP) is 2.75. The van der Waals surface area contributed by atoms with Gasteiger partial charge in [0.25, 0.3) is 0 Å². The fourth-order valence-electron chi connectivity index (χ4n) is 2.54.